The van der Waals surface area contributed by atoms with Gasteiger partial charge in [0.05, 0.1) is 10.9 Å². The summed E-state index contributed by atoms with van der Waals surface area (Å²) in [6.45, 7) is 1.34. The number of amides is 2. The molecule has 0 atom stereocenters. The average Bonchev–Trinajstić information content (AvgIpc) is 2.79. The van der Waals surface area contributed by atoms with Crippen LogP contribution >= 0.6 is 0 Å². The number of carbonyl (C=O) groups is 2. The largest absolute Gasteiger partial charge is 0.381 e. The van der Waals surface area contributed by atoms with Crippen molar-refractivity contribution in [1.82, 2.24) is 14.9 Å². The number of nitrogens with zero attached hydrogens (tertiary/aromatic N) is 2. The third kappa shape index (κ3) is 3.95. The lowest BCUT2D eigenvalue weighted by atomic mass is 10.1. The molecular weight excluding hydrogens is 384 g/mol. The van der Waals surface area contributed by atoms with E-state index in [9.17, 15) is 14.4 Å². The Morgan fingerprint density at radius 3 is 2.57 bits per heavy atom. The molecule has 2 aromatic heterocycles. The van der Waals surface area contributed by atoms with Gasteiger partial charge in [-0.1, -0.05) is 0 Å². The van der Waals surface area contributed by atoms with Gasteiger partial charge >= 0.3 is 0 Å². The normalized spacial score (nSPS) is 14.4. The Labute approximate surface area is 172 Å². The number of nitrogens with one attached hydrogen (secondary N) is 2. The third-order valence-electron chi connectivity index (χ3n) is 5.39. The number of fused-ring (bicyclic) bond motifs is 1. The van der Waals surface area contributed by atoms with Crippen molar-refractivity contribution in [1.29, 1.82) is 0 Å². The van der Waals surface area contributed by atoms with Gasteiger partial charge in [-0.05, 0) is 43.2 Å². The second-order valence-corrected chi connectivity index (χ2v) is 7.25. The van der Waals surface area contributed by atoms with Gasteiger partial charge in [0.25, 0.3) is 17.4 Å². The molecule has 1 fully saturated rings. The van der Waals surface area contributed by atoms with E-state index in [0.29, 0.717) is 40.8 Å². The van der Waals surface area contributed by atoms with Crippen LogP contribution in [0.1, 0.15) is 33.6 Å². The maximum Gasteiger partial charge on any atom is 0.257 e. The van der Waals surface area contributed by atoms with Crippen LogP contribution in [0.5, 0.6) is 0 Å². The van der Waals surface area contributed by atoms with Crippen molar-refractivity contribution < 1.29 is 14.3 Å². The Morgan fingerprint density at radius 2 is 1.83 bits per heavy atom. The average molecular weight is 406 g/mol. The predicted molar refractivity (Wildman–Crippen MR) is 113 cm³/mol. The van der Waals surface area contributed by atoms with Crippen LogP contribution in [0.2, 0.25) is 0 Å². The smallest absolute Gasteiger partial charge is 0.257 e. The van der Waals surface area contributed by atoms with Gasteiger partial charge in [-0.2, -0.15) is 0 Å². The van der Waals surface area contributed by atoms with E-state index in [0.717, 1.165) is 12.8 Å². The molecule has 3 aromatic rings. The highest BCUT2D eigenvalue weighted by Crippen LogP contribution is 2.19. The molecule has 2 amide bonds. The number of benzene rings is 1. The van der Waals surface area contributed by atoms with Gasteiger partial charge in [-0.3, -0.25) is 19.4 Å². The number of hydrogen-bond acceptors (Lipinski definition) is 5. The van der Waals surface area contributed by atoms with E-state index in [1.54, 1.807) is 35.2 Å². The topological polar surface area (TPSA) is 104 Å². The molecule has 0 unspecified atom stereocenters. The van der Waals surface area contributed by atoms with E-state index < -0.39 is 0 Å². The Kier molecular flexibility index (Phi) is 5.58. The molecule has 3 heterocycles. The summed E-state index contributed by atoms with van der Waals surface area (Å²) in [5.74, 6) is -0.436. The van der Waals surface area contributed by atoms with Gasteiger partial charge < -0.3 is 19.9 Å². The van der Waals surface area contributed by atoms with E-state index in [1.165, 1.54) is 18.6 Å². The van der Waals surface area contributed by atoms with Crippen LogP contribution in [0, 0.1) is 0 Å². The molecule has 0 spiro atoms. The molecule has 8 heteroatoms. The summed E-state index contributed by atoms with van der Waals surface area (Å²) in [6.07, 6.45) is 6.02. The van der Waals surface area contributed by atoms with Crippen molar-refractivity contribution >= 4 is 28.3 Å². The second-order valence-electron chi connectivity index (χ2n) is 7.25. The Balaban J connectivity index is 1.49. The number of H-pyrrole nitrogens is 1. The predicted octanol–water partition coefficient (Wildman–Crippen LogP) is 2.43. The number of ether oxygens (including phenoxy) is 1. The third-order valence-corrected chi connectivity index (χ3v) is 5.39. The van der Waals surface area contributed by atoms with E-state index in [-0.39, 0.29) is 23.4 Å². The minimum atomic E-state index is -0.378. The number of hydrogen-bond donors (Lipinski definition) is 2. The van der Waals surface area contributed by atoms with Crippen molar-refractivity contribution in [2.24, 2.45) is 0 Å². The van der Waals surface area contributed by atoms with Crippen molar-refractivity contribution in [3.05, 3.63) is 70.4 Å². The zero-order chi connectivity index (χ0) is 21.1. The standard InChI is InChI=1S/C22H22N4O4/c1-26(16-7-10-30-11-8-16)22(29)14-2-4-15(5-3-14)25-21(28)19-13-23-12-18-17(19)6-9-24-20(18)27/h2-6,9,12-13,16H,7-8,10-11H2,1H3,(H,24,27)(H,25,28). The highest BCUT2D eigenvalue weighted by Gasteiger charge is 2.23. The van der Waals surface area contributed by atoms with Crippen LogP contribution in [0.15, 0.2) is 53.7 Å². The molecule has 0 bridgehead atoms. The van der Waals surface area contributed by atoms with Crippen molar-refractivity contribution in [2.75, 3.05) is 25.6 Å². The van der Waals surface area contributed by atoms with Crippen LogP contribution < -0.4 is 10.9 Å². The number of rotatable bonds is 4. The van der Waals surface area contributed by atoms with E-state index >= 15 is 0 Å². The molecule has 0 aliphatic carbocycles. The summed E-state index contributed by atoms with van der Waals surface area (Å²) < 4.78 is 5.36. The van der Waals surface area contributed by atoms with Gasteiger partial charge in [0.1, 0.15) is 0 Å². The minimum Gasteiger partial charge on any atom is -0.381 e. The second kappa shape index (κ2) is 8.46. The Morgan fingerprint density at radius 1 is 1.10 bits per heavy atom. The highest BCUT2D eigenvalue weighted by atomic mass is 16.5. The van der Waals surface area contributed by atoms with E-state index in [4.69, 9.17) is 4.74 Å². The first kappa shape index (κ1) is 19.8. The monoisotopic (exact) mass is 406 g/mol. The molecule has 1 saturated heterocycles. The molecule has 1 aliphatic rings. The SMILES string of the molecule is CN(C(=O)c1ccc(NC(=O)c2cncc3c(=O)[nH]ccc23)cc1)C1CCOCC1. The van der Waals surface area contributed by atoms with Crippen LogP contribution in [-0.2, 0) is 4.74 Å². The molecule has 0 radical (unpaired) electrons. The zero-order valence-corrected chi connectivity index (χ0v) is 16.6. The lowest BCUT2D eigenvalue weighted by Gasteiger charge is -2.31. The lowest BCUT2D eigenvalue weighted by molar-refractivity contribution is 0.0362. The zero-order valence-electron chi connectivity index (χ0n) is 16.6. The quantitative estimate of drug-likeness (QED) is 0.692. The van der Waals surface area contributed by atoms with Gasteiger partial charge in [-0.15, -0.1) is 0 Å². The van der Waals surface area contributed by atoms with Crippen LogP contribution in [0.25, 0.3) is 10.8 Å². The van der Waals surface area contributed by atoms with Crippen molar-refractivity contribution in [3.63, 3.8) is 0 Å². The molecule has 0 saturated carbocycles. The molecule has 8 nitrogen and oxygen atoms in total. The fourth-order valence-corrected chi connectivity index (χ4v) is 3.63. The Bertz CT molecular complexity index is 1130. The van der Waals surface area contributed by atoms with Gasteiger partial charge in [0.15, 0.2) is 0 Å². The van der Waals surface area contributed by atoms with Gasteiger partial charge in [-0.25, -0.2) is 0 Å². The van der Waals surface area contributed by atoms with Crippen molar-refractivity contribution in [2.45, 2.75) is 18.9 Å². The molecular formula is C22H22N4O4. The molecule has 154 valence electrons. The maximum absolute atomic E-state index is 12.7. The Hall–Kier alpha value is -3.52. The van der Waals surface area contributed by atoms with E-state index in [2.05, 4.69) is 15.3 Å². The summed E-state index contributed by atoms with van der Waals surface area (Å²) in [6, 6.07) is 8.61. The molecule has 1 aromatic carbocycles. The fourth-order valence-electron chi connectivity index (χ4n) is 3.63. The molecule has 4 rings (SSSR count). The summed E-state index contributed by atoms with van der Waals surface area (Å²) in [7, 11) is 1.81. The summed E-state index contributed by atoms with van der Waals surface area (Å²) >= 11 is 0. The van der Waals surface area contributed by atoms with Gasteiger partial charge in [0.2, 0.25) is 0 Å². The summed E-state index contributed by atoms with van der Waals surface area (Å²) in [5, 5.41) is 3.67. The van der Waals surface area contributed by atoms with Gasteiger partial charge in [0, 0.05) is 61.5 Å². The van der Waals surface area contributed by atoms with Crippen molar-refractivity contribution in [3.8, 4) is 0 Å². The summed E-state index contributed by atoms with van der Waals surface area (Å²) in [5.41, 5.74) is 1.11. The molecule has 30 heavy (non-hydrogen) atoms. The minimum absolute atomic E-state index is 0.0581. The van der Waals surface area contributed by atoms with E-state index in [1.807, 2.05) is 7.05 Å². The number of carbonyl (C=O) groups excluding carboxylic acids is 2. The first-order valence-corrected chi connectivity index (χ1v) is 9.76. The maximum atomic E-state index is 12.7. The molecule has 2 N–H and O–H groups in total. The first-order valence-electron chi connectivity index (χ1n) is 9.76. The fraction of sp³-hybridized carbons (Fsp3) is 0.273. The van der Waals surface area contributed by atoms with Crippen LogP contribution in [0.4, 0.5) is 5.69 Å². The molecule has 1 aliphatic heterocycles. The van der Waals surface area contributed by atoms with Crippen LogP contribution in [-0.4, -0.2) is 53.0 Å². The van der Waals surface area contributed by atoms with Crippen LogP contribution in [0.3, 0.4) is 0 Å². The number of anilines is 1. The number of aromatic nitrogens is 2. The number of aromatic amines is 1. The number of pyridine rings is 2. The lowest BCUT2D eigenvalue weighted by Crippen LogP contribution is -2.40. The highest BCUT2D eigenvalue weighted by molar-refractivity contribution is 6.12. The first-order chi connectivity index (χ1) is 14.5. The summed E-state index contributed by atoms with van der Waals surface area (Å²) in [4.78, 5) is 45.7.